The molecule has 0 radical (unpaired) electrons. The van der Waals surface area contributed by atoms with Gasteiger partial charge >= 0.3 is 12.1 Å². The van der Waals surface area contributed by atoms with Crippen molar-refractivity contribution in [2.45, 2.75) is 44.1 Å². The largest absolute Gasteiger partial charge is 0.490 e. The van der Waals surface area contributed by atoms with Gasteiger partial charge in [0.1, 0.15) is 0 Å². The number of carboxylic acids is 1. The quantitative estimate of drug-likeness (QED) is 0.800. The van der Waals surface area contributed by atoms with Crippen molar-refractivity contribution in [2.24, 2.45) is 5.92 Å². The van der Waals surface area contributed by atoms with E-state index >= 15 is 0 Å². The number of likely N-dealkylation sites (tertiary alicyclic amines) is 1. The first kappa shape index (κ1) is 21.6. The molecule has 1 N–H and O–H groups in total. The molecule has 3 aliphatic heterocycles. The number of amides is 1. The van der Waals surface area contributed by atoms with E-state index in [1.807, 2.05) is 6.07 Å². The molecule has 3 saturated heterocycles. The molecule has 29 heavy (non-hydrogen) atoms. The number of hydroxylamine groups is 2. The number of ether oxygens (including phenoxy) is 1. The van der Waals surface area contributed by atoms with Crippen LogP contribution in [-0.4, -0.2) is 71.6 Å². The molecule has 162 valence electrons. The molecule has 0 aliphatic carbocycles. The second-order valence-corrected chi connectivity index (χ2v) is 7.19. The van der Waals surface area contributed by atoms with Crippen LogP contribution in [0.1, 0.15) is 24.8 Å². The molecule has 3 atom stereocenters. The minimum Gasteiger partial charge on any atom is -0.475 e. The van der Waals surface area contributed by atoms with Gasteiger partial charge in [0.05, 0.1) is 37.7 Å². The van der Waals surface area contributed by atoms with Gasteiger partial charge in [-0.3, -0.25) is 14.5 Å². The molecule has 4 heterocycles. The third-order valence-corrected chi connectivity index (χ3v) is 5.17. The zero-order valence-corrected chi connectivity index (χ0v) is 15.6. The highest BCUT2D eigenvalue weighted by atomic mass is 19.4. The lowest BCUT2D eigenvalue weighted by Gasteiger charge is -2.40. The molecule has 4 rings (SSSR count). The van der Waals surface area contributed by atoms with Crippen LogP contribution in [-0.2, 0) is 25.7 Å². The number of piperidine rings is 1. The molecule has 3 aliphatic rings. The molecule has 1 aromatic rings. The predicted octanol–water partition coefficient (Wildman–Crippen LogP) is 2.06. The maximum atomic E-state index is 12.6. The van der Waals surface area contributed by atoms with Crippen LogP contribution in [0.2, 0.25) is 0 Å². The Balaban J connectivity index is 0.000000298. The molecule has 11 heteroatoms. The highest BCUT2D eigenvalue weighted by molar-refractivity contribution is 5.78. The average Bonchev–Trinajstić information content (AvgIpc) is 3.42. The number of hydrogen-bond donors (Lipinski definition) is 1. The zero-order valence-electron chi connectivity index (χ0n) is 15.6. The highest BCUT2D eigenvalue weighted by Gasteiger charge is 2.43. The Kier molecular flexibility index (Phi) is 6.81. The summed E-state index contributed by atoms with van der Waals surface area (Å²) in [6.45, 7) is 3.74. The normalized spacial score (nSPS) is 27.3. The van der Waals surface area contributed by atoms with Crippen molar-refractivity contribution >= 4 is 11.9 Å². The molecule has 0 unspecified atom stereocenters. The lowest BCUT2D eigenvalue weighted by molar-refractivity contribution is -0.192. The minimum absolute atomic E-state index is 0.0376. The van der Waals surface area contributed by atoms with Crippen LogP contribution in [0.4, 0.5) is 13.2 Å². The first-order valence-electron chi connectivity index (χ1n) is 9.37. The van der Waals surface area contributed by atoms with Gasteiger partial charge in [0.2, 0.25) is 0 Å². The van der Waals surface area contributed by atoms with Crippen LogP contribution in [0.15, 0.2) is 23.0 Å². The molecule has 1 aromatic heterocycles. The van der Waals surface area contributed by atoms with Crippen molar-refractivity contribution in [3.8, 4) is 0 Å². The van der Waals surface area contributed by atoms with E-state index in [0.717, 1.165) is 44.5 Å². The Bertz CT molecular complexity index is 690. The summed E-state index contributed by atoms with van der Waals surface area (Å²) in [5, 5.41) is 8.68. The van der Waals surface area contributed by atoms with Crippen LogP contribution < -0.4 is 0 Å². The molecule has 1 amide bonds. The second-order valence-electron chi connectivity index (χ2n) is 7.19. The van der Waals surface area contributed by atoms with Gasteiger partial charge in [-0.25, -0.2) is 9.86 Å². The lowest BCUT2D eigenvalue weighted by Crippen LogP contribution is -2.52. The van der Waals surface area contributed by atoms with Gasteiger partial charge in [0, 0.05) is 31.3 Å². The summed E-state index contributed by atoms with van der Waals surface area (Å²) in [6.07, 6.45) is 1.34. The third kappa shape index (κ3) is 5.49. The molecule has 3 fully saturated rings. The second kappa shape index (κ2) is 9.14. The number of rotatable bonds is 3. The summed E-state index contributed by atoms with van der Waals surface area (Å²) in [5.74, 6) is -2.68. The molecule has 0 spiro atoms. The van der Waals surface area contributed by atoms with Crippen molar-refractivity contribution in [3.63, 3.8) is 0 Å². The lowest BCUT2D eigenvalue weighted by atomic mass is 9.89. The van der Waals surface area contributed by atoms with Crippen molar-refractivity contribution in [3.05, 3.63) is 24.2 Å². The molecule has 0 bridgehead atoms. The van der Waals surface area contributed by atoms with Crippen molar-refractivity contribution in [1.82, 2.24) is 9.96 Å². The fourth-order valence-electron chi connectivity index (χ4n) is 3.86. The van der Waals surface area contributed by atoms with E-state index in [0.29, 0.717) is 19.2 Å². The molecule has 0 saturated carbocycles. The first-order chi connectivity index (χ1) is 13.8. The van der Waals surface area contributed by atoms with Gasteiger partial charge in [-0.2, -0.15) is 13.2 Å². The summed E-state index contributed by atoms with van der Waals surface area (Å²) in [5.41, 5.74) is 1.15. The SMILES string of the molecule is O=C(O)C(F)(F)F.O=C([C@H]1C[C@H]2OCC[C@H]2N(Cc2ccoc2)C1)N1CCCO1. The number of fused-ring (bicyclic) bond motifs is 1. The van der Waals surface area contributed by atoms with Crippen LogP contribution in [0.5, 0.6) is 0 Å². The zero-order chi connectivity index (χ0) is 21.0. The molecule has 0 aromatic carbocycles. The van der Waals surface area contributed by atoms with E-state index in [1.165, 1.54) is 0 Å². The molecule has 8 nitrogen and oxygen atoms in total. The van der Waals surface area contributed by atoms with E-state index in [2.05, 4.69) is 4.90 Å². The Hall–Kier alpha value is -2.11. The summed E-state index contributed by atoms with van der Waals surface area (Å²) in [6, 6.07) is 2.40. The van der Waals surface area contributed by atoms with Crippen molar-refractivity contribution in [1.29, 1.82) is 0 Å². The van der Waals surface area contributed by atoms with Crippen LogP contribution in [0.25, 0.3) is 0 Å². The number of alkyl halides is 3. The number of carbonyl (C=O) groups excluding carboxylic acids is 1. The van der Waals surface area contributed by atoms with Crippen LogP contribution >= 0.6 is 0 Å². The van der Waals surface area contributed by atoms with Gasteiger partial charge in [0.15, 0.2) is 0 Å². The molecular formula is C18H23F3N2O6. The summed E-state index contributed by atoms with van der Waals surface area (Å²) < 4.78 is 42.8. The average molecular weight is 420 g/mol. The van der Waals surface area contributed by atoms with E-state index < -0.39 is 12.1 Å². The highest BCUT2D eigenvalue weighted by Crippen LogP contribution is 2.33. The Morgan fingerprint density at radius 3 is 2.62 bits per heavy atom. The first-order valence-corrected chi connectivity index (χ1v) is 9.37. The van der Waals surface area contributed by atoms with E-state index in [1.54, 1.807) is 17.6 Å². The number of halogens is 3. The standard InChI is InChI=1S/C16H22N2O4.C2HF3O2/c19-16(18-4-1-5-22-18)13-8-15-14(3-7-21-15)17(10-13)9-12-2-6-20-11-12;3-2(4,5)1(6)7/h2,6,11,13-15H,1,3-5,7-10H2;(H,6,7)/t13-,14+,15+;/m0./s1. The van der Waals surface area contributed by atoms with Crippen LogP contribution in [0, 0.1) is 5.92 Å². The summed E-state index contributed by atoms with van der Waals surface area (Å²) in [4.78, 5) is 29.3. The monoisotopic (exact) mass is 420 g/mol. The van der Waals surface area contributed by atoms with Gasteiger partial charge < -0.3 is 14.3 Å². The van der Waals surface area contributed by atoms with Gasteiger partial charge in [-0.1, -0.05) is 0 Å². The van der Waals surface area contributed by atoms with E-state index in [-0.39, 0.29) is 17.9 Å². The van der Waals surface area contributed by atoms with Crippen LogP contribution in [0.3, 0.4) is 0 Å². The van der Waals surface area contributed by atoms with Gasteiger partial charge in [-0.05, 0) is 25.3 Å². The number of carbonyl (C=O) groups is 2. The number of hydrogen-bond acceptors (Lipinski definition) is 6. The maximum Gasteiger partial charge on any atom is 0.490 e. The van der Waals surface area contributed by atoms with Gasteiger partial charge in [-0.15, -0.1) is 0 Å². The number of carboxylic acid groups (broad SMARTS) is 1. The number of aliphatic carboxylic acids is 1. The topological polar surface area (TPSA) is 92.4 Å². The smallest absolute Gasteiger partial charge is 0.475 e. The Labute approximate surface area is 165 Å². The summed E-state index contributed by atoms with van der Waals surface area (Å²) in [7, 11) is 0. The molecular weight excluding hydrogens is 397 g/mol. The fourth-order valence-corrected chi connectivity index (χ4v) is 3.86. The fraction of sp³-hybridized carbons (Fsp3) is 0.667. The van der Waals surface area contributed by atoms with E-state index in [9.17, 15) is 18.0 Å². The number of nitrogens with zero attached hydrogens (tertiary/aromatic N) is 2. The van der Waals surface area contributed by atoms with Gasteiger partial charge in [0.25, 0.3) is 5.91 Å². The predicted molar refractivity (Wildman–Crippen MR) is 91.3 cm³/mol. The third-order valence-electron chi connectivity index (χ3n) is 5.17. The number of furan rings is 1. The van der Waals surface area contributed by atoms with Crippen molar-refractivity contribution in [2.75, 3.05) is 26.3 Å². The van der Waals surface area contributed by atoms with E-state index in [4.69, 9.17) is 23.9 Å². The minimum atomic E-state index is -5.08. The summed E-state index contributed by atoms with van der Waals surface area (Å²) >= 11 is 0. The van der Waals surface area contributed by atoms with Crippen molar-refractivity contribution < 1.29 is 41.9 Å². The Morgan fingerprint density at radius 1 is 1.28 bits per heavy atom. The maximum absolute atomic E-state index is 12.6. The Morgan fingerprint density at radius 2 is 2.03 bits per heavy atom.